The second-order valence-corrected chi connectivity index (χ2v) is 6.66. The van der Waals surface area contributed by atoms with Crippen LogP contribution in [0.2, 0.25) is 0 Å². The number of aliphatic hydroxyl groups is 2. The molecule has 0 amide bonds. The number of rotatable bonds is 12. The molecular weight excluding hydrogens is 300 g/mol. The zero-order chi connectivity index (χ0) is 17.2. The van der Waals surface area contributed by atoms with Crippen LogP contribution in [0.4, 0.5) is 0 Å². The Hall–Kier alpha value is -1.52. The third-order valence-corrected chi connectivity index (χ3v) is 4.73. The summed E-state index contributed by atoms with van der Waals surface area (Å²) in [5.41, 5.74) is 3.97. The first-order valence-corrected chi connectivity index (χ1v) is 9.35. The Balaban J connectivity index is 1.93. The lowest BCUT2D eigenvalue weighted by molar-refractivity contribution is 0.277. The van der Waals surface area contributed by atoms with Gasteiger partial charge in [0.25, 0.3) is 0 Å². The molecule has 0 spiro atoms. The second-order valence-electron chi connectivity index (χ2n) is 6.66. The van der Waals surface area contributed by atoms with E-state index in [0.717, 1.165) is 29.2 Å². The molecule has 0 unspecified atom stereocenters. The predicted octanol–water partition coefficient (Wildman–Crippen LogP) is 4.60. The zero-order valence-corrected chi connectivity index (χ0v) is 14.9. The number of aliphatic hydroxyl groups excluding tert-OH is 2. The Morgan fingerprint density at radius 3 is 1.71 bits per heavy atom. The van der Waals surface area contributed by atoms with Gasteiger partial charge in [-0.3, -0.25) is 0 Å². The number of aromatic nitrogens is 2. The number of aromatic amines is 2. The van der Waals surface area contributed by atoms with Crippen molar-refractivity contribution in [1.82, 2.24) is 9.97 Å². The van der Waals surface area contributed by atoms with Gasteiger partial charge in [-0.2, -0.15) is 0 Å². The summed E-state index contributed by atoms with van der Waals surface area (Å²) in [7, 11) is 0. The fraction of sp³-hybridized carbons (Fsp3) is 0.600. The summed E-state index contributed by atoms with van der Waals surface area (Å²) in [6.07, 6.45) is 10.2. The van der Waals surface area contributed by atoms with Crippen molar-refractivity contribution in [2.45, 2.75) is 77.4 Å². The second kappa shape index (κ2) is 10.4. The molecule has 0 saturated carbocycles. The van der Waals surface area contributed by atoms with Gasteiger partial charge < -0.3 is 20.2 Å². The lowest BCUT2D eigenvalue weighted by Gasteiger charge is -2.15. The smallest absolute Gasteiger partial charge is 0.0830 e. The lowest BCUT2D eigenvalue weighted by atomic mass is 9.94. The summed E-state index contributed by atoms with van der Waals surface area (Å²) >= 11 is 0. The van der Waals surface area contributed by atoms with Gasteiger partial charge >= 0.3 is 0 Å². The van der Waals surface area contributed by atoms with Gasteiger partial charge in [-0.05, 0) is 30.7 Å². The summed E-state index contributed by atoms with van der Waals surface area (Å²) in [5, 5.41) is 18.6. The van der Waals surface area contributed by atoms with Gasteiger partial charge in [0.05, 0.1) is 13.2 Å². The average Bonchev–Trinajstić information content (AvgIpc) is 3.26. The Morgan fingerprint density at radius 2 is 1.25 bits per heavy atom. The van der Waals surface area contributed by atoms with Crippen LogP contribution in [0, 0.1) is 0 Å². The van der Waals surface area contributed by atoms with E-state index in [-0.39, 0.29) is 19.1 Å². The average molecular weight is 332 g/mol. The van der Waals surface area contributed by atoms with Crippen molar-refractivity contribution >= 4 is 0 Å². The molecule has 0 aromatic carbocycles. The maximum absolute atomic E-state index is 9.29. The number of hydrogen-bond acceptors (Lipinski definition) is 2. The molecule has 0 fully saturated rings. The van der Waals surface area contributed by atoms with Crippen LogP contribution in [0.25, 0.3) is 0 Å². The number of H-pyrrole nitrogens is 2. The van der Waals surface area contributed by atoms with Crippen LogP contribution in [0.3, 0.4) is 0 Å². The van der Waals surface area contributed by atoms with Gasteiger partial charge in [-0.1, -0.05) is 51.9 Å². The molecule has 2 rings (SSSR count). The van der Waals surface area contributed by atoms with E-state index in [9.17, 15) is 10.2 Å². The van der Waals surface area contributed by atoms with Crippen molar-refractivity contribution in [3.8, 4) is 0 Å². The molecule has 0 aliphatic rings. The van der Waals surface area contributed by atoms with Crippen LogP contribution >= 0.6 is 0 Å². The largest absolute Gasteiger partial charge is 0.390 e. The molecular formula is C20H32N2O2. The summed E-state index contributed by atoms with van der Waals surface area (Å²) in [4.78, 5) is 6.65. The molecule has 2 aromatic heterocycles. The fourth-order valence-corrected chi connectivity index (χ4v) is 3.29. The molecule has 0 bridgehead atoms. The molecule has 0 aliphatic carbocycles. The van der Waals surface area contributed by atoms with Crippen LogP contribution in [0.5, 0.6) is 0 Å². The lowest BCUT2D eigenvalue weighted by Crippen LogP contribution is -2.03. The van der Waals surface area contributed by atoms with Crippen LogP contribution in [0.15, 0.2) is 24.3 Å². The van der Waals surface area contributed by atoms with Crippen molar-refractivity contribution in [2.75, 3.05) is 0 Å². The SMILES string of the molecule is CCCCCCCCCC(c1ccc(CO)[nH]1)c1ccc(CO)[nH]1. The molecule has 4 nitrogen and oxygen atoms in total. The first kappa shape index (κ1) is 18.8. The highest BCUT2D eigenvalue weighted by Crippen LogP contribution is 2.29. The van der Waals surface area contributed by atoms with E-state index in [4.69, 9.17) is 0 Å². The molecule has 4 heteroatoms. The van der Waals surface area contributed by atoms with Gasteiger partial charge in [-0.15, -0.1) is 0 Å². The minimum absolute atomic E-state index is 0.0385. The Labute approximate surface area is 145 Å². The van der Waals surface area contributed by atoms with Crippen LogP contribution in [-0.2, 0) is 13.2 Å². The van der Waals surface area contributed by atoms with Gasteiger partial charge in [-0.25, -0.2) is 0 Å². The quantitative estimate of drug-likeness (QED) is 0.429. The number of hydrogen-bond donors (Lipinski definition) is 4. The van der Waals surface area contributed by atoms with Crippen molar-refractivity contribution in [3.05, 3.63) is 47.0 Å². The van der Waals surface area contributed by atoms with Crippen molar-refractivity contribution in [3.63, 3.8) is 0 Å². The minimum Gasteiger partial charge on any atom is -0.390 e. The molecule has 2 heterocycles. The van der Waals surface area contributed by atoms with Crippen molar-refractivity contribution < 1.29 is 10.2 Å². The third kappa shape index (κ3) is 5.53. The third-order valence-electron chi connectivity index (χ3n) is 4.73. The van der Waals surface area contributed by atoms with Crippen LogP contribution in [-0.4, -0.2) is 20.2 Å². The summed E-state index contributed by atoms with van der Waals surface area (Å²) in [6, 6.07) is 8.03. The molecule has 0 aliphatic heterocycles. The highest BCUT2D eigenvalue weighted by atomic mass is 16.3. The van der Waals surface area contributed by atoms with E-state index >= 15 is 0 Å². The molecule has 0 radical (unpaired) electrons. The summed E-state index contributed by atoms with van der Waals surface area (Å²) in [5.74, 6) is 0.265. The summed E-state index contributed by atoms with van der Waals surface area (Å²) in [6.45, 7) is 2.33. The van der Waals surface area contributed by atoms with E-state index in [0.29, 0.717) is 0 Å². The highest BCUT2D eigenvalue weighted by molar-refractivity contribution is 5.27. The van der Waals surface area contributed by atoms with E-state index in [1.54, 1.807) is 0 Å². The van der Waals surface area contributed by atoms with Gasteiger partial charge in [0.1, 0.15) is 0 Å². The molecule has 4 N–H and O–H groups in total. The normalized spacial score (nSPS) is 11.5. The number of nitrogens with one attached hydrogen (secondary N) is 2. The van der Waals surface area contributed by atoms with Gasteiger partial charge in [0.2, 0.25) is 0 Å². The van der Waals surface area contributed by atoms with Crippen LogP contribution < -0.4 is 0 Å². The monoisotopic (exact) mass is 332 g/mol. The molecule has 0 atom stereocenters. The number of unbranched alkanes of at least 4 members (excludes halogenated alkanes) is 6. The maximum Gasteiger partial charge on any atom is 0.0830 e. The molecule has 134 valence electrons. The highest BCUT2D eigenvalue weighted by Gasteiger charge is 2.17. The molecule has 0 saturated heterocycles. The van der Waals surface area contributed by atoms with E-state index in [1.807, 2.05) is 12.1 Å². The first-order chi connectivity index (χ1) is 11.8. The van der Waals surface area contributed by atoms with E-state index in [2.05, 4.69) is 29.0 Å². The fourth-order valence-electron chi connectivity index (χ4n) is 3.29. The molecule has 24 heavy (non-hydrogen) atoms. The Kier molecular flexibility index (Phi) is 8.13. The van der Waals surface area contributed by atoms with Crippen molar-refractivity contribution in [2.24, 2.45) is 0 Å². The van der Waals surface area contributed by atoms with Crippen LogP contribution in [0.1, 0.15) is 87.0 Å². The first-order valence-electron chi connectivity index (χ1n) is 9.35. The van der Waals surface area contributed by atoms with E-state index in [1.165, 1.54) is 44.9 Å². The topological polar surface area (TPSA) is 72.0 Å². The zero-order valence-electron chi connectivity index (χ0n) is 14.9. The Morgan fingerprint density at radius 1 is 0.750 bits per heavy atom. The molecule has 2 aromatic rings. The van der Waals surface area contributed by atoms with Crippen molar-refractivity contribution in [1.29, 1.82) is 0 Å². The van der Waals surface area contributed by atoms with E-state index < -0.39 is 0 Å². The minimum atomic E-state index is 0.0385. The van der Waals surface area contributed by atoms with Gasteiger partial charge in [0, 0.05) is 28.7 Å². The van der Waals surface area contributed by atoms with Gasteiger partial charge in [0.15, 0.2) is 0 Å². The Bertz CT molecular complexity index is 531. The standard InChI is InChI=1S/C20H32N2O2/c1-2-3-4-5-6-7-8-9-18(19-12-10-16(14-23)21-19)20-13-11-17(15-24)22-20/h10-13,18,21-24H,2-9,14-15H2,1H3. The maximum atomic E-state index is 9.29. The predicted molar refractivity (Wildman–Crippen MR) is 97.9 cm³/mol. The summed E-state index contributed by atoms with van der Waals surface area (Å²) < 4.78 is 0.